The van der Waals surface area contributed by atoms with Crippen LogP contribution >= 0.6 is 11.8 Å². The number of hydrogen-bond acceptors (Lipinski definition) is 8. The van der Waals surface area contributed by atoms with Crippen molar-refractivity contribution in [1.82, 2.24) is 15.1 Å². The third-order valence-corrected chi connectivity index (χ3v) is 7.91. The standard InChI is InChI=1S/C26H26N4O6S/c31-22-8-7-21(23(32)27-22)30-24(33)19-6-5-18(15-20(19)25(30)34)37-14-13-28-9-11-29(12-10-28)17-3-1-16(2-4-17)26(35)36/h1-6,15,21H,7-14H2,(H,35,36)(H,27,31,32). The van der Waals surface area contributed by atoms with E-state index in [-0.39, 0.29) is 24.0 Å². The van der Waals surface area contributed by atoms with E-state index in [1.165, 1.54) is 0 Å². The van der Waals surface area contributed by atoms with E-state index < -0.39 is 35.6 Å². The highest BCUT2D eigenvalue weighted by atomic mass is 32.2. The van der Waals surface area contributed by atoms with Crippen molar-refractivity contribution in [1.29, 1.82) is 0 Å². The molecule has 0 saturated carbocycles. The van der Waals surface area contributed by atoms with E-state index in [1.807, 2.05) is 18.2 Å². The van der Waals surface area contributed by atoms with Gasteiger partial charge in [0.05, 0.1) is 16.7 Å². The molecular weight excluding hydrogens is 496 g/mol. The molecule has 3 heterocycles. The second-order valence-electron chi connectivity index (χ2n) is 9.18. The second-order valence-corrected chi connectivity index (χ2v) is 10.4. The predicted molar refractivity (Wildman–Crippen MR) is 136 cm³/mol. The van der Waals surface area contributed by atoms with Gasteiger partial charge in [-0.3, -0.25) is 34.3 Å². The van der Waals surface area contributed by atoms with Gasteiger partial charge in [-0.2, -0.15) is 0 Å². The molecule has 4 amide bonds. The lowest BCUT2D eigenvalue weighted by molar-refractivity contribution is -0.136. The van der Waals surface area contributed by atoms with Crippen molar-refractivity contribution in [2.75, 3.05) is 43.4 Å². The van der Waals surface area contributed by atoms with Gasteiger partial charge in [0.25, 0.3) is 11.8 Å². The van der Waals surface area contributed by atoms with Crippen molar-refractivity contribution in [3.63, 3.8) is 0 Å². The molecule has 37 heavy (non-hydrogen) atoms. The van der Waals surface area contributed by atoms with Gasteiger partial charge in [-0.1, -0.05) is 0 Å². The number of carbonyl (C=O) groups excluding carboxylic acids is 4. The zero-order valence-electron chi connectivity index (χ0n) is 20.0. The maximum atomic E-state index is 13.0. The van der Waals surface area contributed by atoms with E-state index in [0.717, 1.165) is 54.0 Å². The quantitative estimate of drug-likeness (QED) is 0.413. The first kappa shape index (κ1) is 25.0. The molecule has 1 unspecified atom stereocenters. The Bertz CT molecular complexity index is 1270. The van der Waals surface area contributed by atoms with Crippen molar-refractivity contribution in [3.8, 4) is 0 Å². The summed E-state index contributed by atoms with van der Waals surface area (Å²) in [4.78, 5) is 67.0. The number of rotatable bonds is 7. The molecule has 11 heteroatoms. The lowest BCUT2D eigenvalue weighted by Crippen LogP contribution is -2.54. The molecule has 0 aliphatic carbocycles. The molecule has 2 aromatic carbocycles. The van der Waals surface area contributed by atoms with Crippen molar-refractivity contribution in [2.24, 2.45) is 0 Å². The van der Waals surface area contributed by atoms with Crippen LogP contribution in [0.2, 0.25) is 0 Å². The smallest absolute Gasteiger partial charge is 0.335 e. The maximum absolute atomic E-state index is 13.0. The molecule has 5 rings (SSSR count). The van der Waals surface area contributed by atoms with Gasteiger partial charge in [0.1, 0.15) is 6.04 Å². The minimum absolute atomic E-state index is 0.0934. The Hall–Kier alpha value is -3.70. The van der Waals surface area contributed by atoms with Crippen molar-refractivity contribution < 1.29 is 29.1 Å². The largest absolute Gasteiger partial charge is 0.478 e. The van der Waals surface area contributed by atoms with Crippen LogP contribution in [0.3, 0.4) is 0 Å². The Labute approximate surface area is 217 Å². The first-order chi connectivity index (χ1) is 17.8. The summed E-state index contributed by atoms with van der Waals surface area (Å²) >= 11 is 1.61. The van der Waals surface area contributed by atoms with Crippen LogP contribution in [-0.4, -0.2) is 89.0 Å². The predicted octanol–water partition coefficient (Wildman–Crippen LogP) is 1.70. The molecule has 192 valence electrons. The molecule has 2 fully saturated rings. The minimum Gasteiger partial charge on any atom is -0.478 e. The average molecular weight is 523 g/mol. The van der Waals surface area contributed by atoms with Crippen LogP contribution in [0.5, 0.6) is 0 Å². The summed E-state index contributed by atoms with van der Waals surface area (Å²) in [7, 11) is 0. The number of amides is 4. The zero-order chi connectivity index (χ0) is 26.1. The number of nitrogens with zero attached hydrogens (tertiary/aromatic N) is 3. The van der Waals surface area contributed by atoms with Crippen molar-refractivity contribution >= 4 is 47.0 Å². The van der Waals surface area contributed by atoms with Gasteiger partial charge in [-0.15, -0.1) is 11.8 Å². The first-order valence-corrected chi connectivity index (χ1v) is 13.1. The summed E-state index contributed by atoms with van der Waals surface area (Å²) in [5, 5.41) is 11.3. The molecule has 10 nitrogen and oxygen atoms in total. The fraction of sp³-hybridized carbons (Fsp3) is 0.346. The molecule has 3 aliphatic rings. The Balaban J connectivity index is 1.13. The lowest BCUT2D eigenvalue weighted by atomic mass is 10.0. The fourth-order valence-corrected chi connectivity index (χ4v) is 5.83. The highest BCUT2D eigenvalue weighted by molar-refractivity contribution is 7.99. The fourth-order valence-electron chi connectivity index (χ4n) is 4.88. The number of carboxylic acids is 1. The molecule has 0 radical (unpaired) electrons. The molecule has 2 aromatic rings. The van der Waals surface area contributed by atoms with Gasteiger partial charge in [-0.05, 0) is 48.9 Å². The minimum atomic E-state index is -0.963. The summed E-state index contributed by atoms with van der Waals surface area (Å²) in [5.74, 6) is -2.12. The van der Waals surface area contributed by atoms with Crippen molar-refractivity contribution in [3.05, 3.63) is 59.2 Å². The van der Waals surface area contributed by atoms with Crippen LogP contribution in [-0.2, 0) is 9.59 Å². The van der Waals surface area contributed by atoms with Gasteiger partial charge in [0.2, 0.25) is 11.8 Å². The third-order valence-electron chi connectivity index (χ3n) is 6.94. The highest BCUT2D eigenvalue weighted by Gasteiger charge is 2.44. The van der Waals surface area contributed by atoms with Gasteiger partial charge < -0.3 is 10.0 Å². The van der Waals surface area contributed by atoms with Crippen LogP contribution in [0, 0.1) is 0 Å². The normalized spacial score (nSPS) is 20.3. The second kappa shape index (κ2) is 10.3. The molecule has 0 spiro atoms. The number of aromatic carboxylic acids is 1. The van der Waals surface area contributed by atoms with Gasteiger partial charge >= 0.3 is 5.97 Å². The van der Waals surface area contributed by atoms with E-state index in [1.54, 1.807) is 36.0 Å². The first-order valence-electron chi connectivity index (χ1n) is 12.1. The number of anilines is 1. The third kappa shape index (κ3) is 5.09. The number of hydrogen-bond donors (Lipinski definition) is 2. The van der Waals surface area contributed by atoms with Crippen LogP contribution in [0.25, 0.3) is 0 Å². The van der Waals surface area contributed by atoms with Crippen LogP contribution in [0.1, 0.15) is 43.9 Å². The summed E-state index contributed by atoms with van der Waals surface area (Å²) < 4.78 is 0. The van der Waals surface area contributed by atoms with Crippen molar-refractivity contribution in [2.45, 2.75) is 23.8 Å². The van der Waals surface area contributed by atoms with E-state index in [2.05, 4.69) is 15.1 Å². The Morgan fingerprint density at radius 1 is 0.946 bits per heavy atom. The topological polar surface area (TPSA) is 127 Å². The number of carbonyl (C=O) groups is 5. The van der Waals surface area contributed by atoms with E-state index in [0.29, 0.717) is 5.56 Å². The number of carboxylic acid groups (broad SMARTS) is 1. The summed E-state index contributed by atoms with van der Waals surface area (Å²) in [6, 6.07) is 11.1. The Morgan fingerprint density at radius 2 is 1.65 bits per heavy atom. The number of benzene rings is 2. The van der Waals surface area contributed by atoms with Gasteiger partial charge in [0, 0.05) is 55.5 Å². The summed E-state index contributed by atoms with van der Waals surface area (Å²) in [6.45, 7) is 4.34. The van der Waals surface area contributed by atoms with E-state index >= 15 is 0 Å². The Morgan fingerprint density at radius 3 is 2.32 bits per heavy atom. The van der Waals surface area contributed by atoms with Crippen LogP contribution < -0.4 is 10.2 Å². The lowest BCUT2D eigenvalue weighted by Gasteiger charge is -2.36. The molecule has 3 aliphatic heterocycles. The number of thioether (sulfide) groups is 1. The number of nitrogens with one attached hydrogen (secondary N) is 1. The maximum Gasteiger partial charge on any atom is 0.335 e. The molecular formula is C26H26N4O6S. The van der Waals surface area contributed by atoms with E-state index in [4.69, 9.17) is 5.11 Å². The molecule has 2 saturated heterocycles. The highest BCUT2D eigenvalue weighted by Crippen LogP contribution is 2.31. The number of piperazine rings is 1. The number of piperidine rings is 1. The molecule has 0 bridgehead atoms. The molecule has 1 atom stereocenters. The average Bonchev–Trinajstić information content (AvgIpc) is 3.14. The monoisotopic (exact) mass is 522 g/mol. The Kier molecular flexibility index (Phi) is 6.98. The zero-order valence-corrected chi connectivity index (χ0v) is 20.8. The van der Waals surface area contributed by atoms with Gasteiger partial charge in [0.15, 0.2) is 0 Å². The summed E-state index contributed by atoms with van der Waals surface area (Å²) in [5.41, 5.74) is 1.87. The number of imide groups is 2. The van der Waals surface area contributed by atoms with Gasteiger partial charge in [-0.25, -0.2) is 4.79 Å². The number of fused-ring (bicyclic) bond motifs is 1. The van der Waals surface area contributed by atoms with Crippen LogP contribution in [0.4, 0.5) is 5.69 Å². The SMILES string of the molecule is O=C1CCC(N2C(=O)c3ccc(SCCN4CCN(c5ccc(C(=O)O)cc5)CC4)cc3C2=O)C(=O)N1. The molecule has 0 aromatic heterocycles. The van der Waals surface area contributed by atoms with Crippen LogP contribution in [0.15, 0.2) is 47.4 Å². The molecule has 2 N–H and O–H groups in total. The van der Waals surface area contributed by atoms with E-state index in [9.17, 15) is 24.0 Å². The summed E-state index contributed by atoms with van der Waals surface area (Å²) in [6.07, 6.45) is 0.231.